The number of carbonyl (C=O) groups excluding carboxylic acids is 1. The van der Waals surface area contributed by atoms with Crippen molar-refractivity contribution in [3.63, 3.8) is 0 Å². The predicted octanol–water partition coefficient (Wildman–Crippen LogP) is 3.30. The molecule has 1 N–H and O–H groups in total. The van der Waals surface area contributed by atoms with E-state index in [9.17, 15) is 4.79 Å². The highest BCUT2D eigenvalue weighted by Crippen LogP contribution is 2.20. The number of hydrogen-bond donors (Lipinski definition) is 1. The number of amides is 1. The maximum Gasteiger partial charge on any atom is 0.255 e. The Kier molecular flexibility index (Phi) is 6.01. The lowest BCUT2D eigenvalue weighted by atomic mass is 10.1. The number of hydrogen-bond acceptors (Lipinski definition) is 5. The average Bonchev–Trinajstić information content (AvgIpc) is 3.16. The third kappa shape index (κ3) is 4.49. The molecule has 0 saturated heterocycles. The molecule has 0 aliphatic heterocycles. The zero-order valence-electron chi connectivity index (χ0n) is 14.5. The molecule has 3 aromatic rings. The SMILES string of the molecule is COCCOc1ccccc1C(=O)NCc1cc(-c2ccccc2)no1. The van der Waals surface area contributed by atoms with Gasteiger partial charge < -0.3 is 19.3 Å². The Bertz CT molecular complexity index is 846. The van der Waals surface area contributed by atoms with Crippen LogP contribution in [0, 0.1) is 0 Å². The number of rotatable bonds is 8. The Hall–Kier alpha value is -3.12. The molecule has 6 nitrogen and oxygen atoms in total. The van der Waals surface area contributed by atoms with Gasteiger partial charge in [-0.2, -0.15) is 0 Å². The van der Waals surface area contributed by atoms with Crippen LogP contribution in [0.25, 0.3) is 11.3 Å². The quantitative estimate of drug-likeness (QED) is 0.630. The molecule has 134 valence electrons. The Morgan fingerprint density at radius 1 is 1.08 bits per heavy atom. The average molecular weight is 352 g/mol. The number of benzene rings is 2. The number of ether oxygens (including phenoxy) is 2. The number of nitrogens with one attached hydrogen (secondary N) is 1. The van der Waals surface area contributed by atoms with Crippen molar-refractivity contribution in [2.45, 2.75) is 6.54 Å². The molecule has 1 heterocycles. The van der Waals surface area contributed by atoms with Crippen molar-refractivity contribution in [1.29, 1.82) is 0 Å². The highest BCUT2D eigenvalue weighted by Gasteiger charge is 2.13. The van der Waals surface area contributed by atoms with Crippen molar-refractivity contribution in [2.24, 2.45) is 0 Å². The van der Waals surface area contributed by atoms with Crippen LogP contribution >= 0.6 is 0 Å². The summed E-state index contributed by atoms with van der Waals surface area (Å²) in [7, 11) is 1.60. The number of aromatic nitrogens is 1. The Morgan fingerprint density at radius 3 is 2.65 bits per heavy atom. The molecule has 1 amide bonds. The van der Waals surface area contributed by atoms with Gasteiger partial charge in [-0.05, 0) is 12.1 Å². The largest absolute Gasteiger partial charge is 0.490 e. The molecule has 3 rings (SSSR count). The molecule has 26 heavy (non-hydrogen) atoms. The van der Waals surface area contributed by atoms with Gasteiger partial charge in [0, 0.05) is 18.7 Å². The van der Waals surface area contributed by atoms with E-state index in [1.54, 1.807) is 25.3 Å². The first-order chi connectivity index (χ1) is 12.8. The summed E-state index contributed by atoms with van der Waals surface area (Å²) in [6.07, 6.45) is 0. The van der Waals surface area contributed by atoms with Crippen molar-refractivity contribution in [1.82, 2.24) is 10.5 Å². The first kappa shape index (κ1) is 17.7. The molecular weight excluding hydrogens is 332 g/mol. The summed E-state index contributed by atoms with van der Waals surface area (Å²) in [5.41, 5.74) is 2.16. The second-order valence-electron chi connectivity index (χ2n) is 5.56. The van der Waals surface area contributed by atoms with Crippen LogP contribution in [0.3, 0.4) is 0 Å². The highest BCUT2D eigenvalue weighted by atomic mass is 16.5. The summed E-state index contributed by atoms with van der Waals surface area (Å²) in [6, 6.07) is 18.6. The van der Waals surface area contributed by atoms with E-state index < -0.39 is 0 Å². The fourth-order valence-electron chi connectivity index (χ4n) is 2.42. The van der Waals surface area contributed by atoms with Crippen molar-refractivity contribution < 1.29 is 18.8 Å². The number of methoxy groups -OCH3 is 1. The van der Waals surface area contributed by atoms with E-state index >= 15 is 0 Å². The minimum Gasteiger partial charge on any atom is -0.490 e. The van der Waals surface area contributed by atoms with Crippen LogP contribution in [0.2, 0.25) is 0 Å². The van der Waals surface area contributed by atoms with Crippen LogP contribution in [-0.2, 0) is 11.3 Å². The minimum absolute atomic E-state index is 0.240. The number of carbonyl (C=O) groups is 1. The zero-order valence-corrected chi connectivity index (χ0v) is 14.5. The molecule has 0 fully saturated rings. The summed E-state index contributed by atoms with van der Waals surface area (Å²) >= 11 is 0. The molecule has 0 aliphatic rings. The molecule has 0 saturated carbocycles. The summed E-state index contributed by atoms with van der Waals surface area (Å²) < 4.78 is 15.9. The van der Waals surface area contributed by atoms with Crippen LogP contribution in [0.5, 0.6) is 5.75 Å². The molecular formula is C20H20N2O4. The van der Waals surface area contributed by atoms with Crippen LogP contribution in [0.1, 0.15) is 16.1 Å². The predicted molar refractivity (Wildman–Crippen MR) is 96.9 cm³/mol. The van der Waals surface area contributed by atoms with E-state index in [-0.39, 0.29) is 12.5 Å². The fraction of sp³-hybridized carbons (Fsp3) is 0.200. The Balaban J connectivity index is 1.62. The standard InChI is InChI=1S/C20H20N2O4/c1-24-11-12-25-19-10-6-5-9-17(19)20(23)21-14-16-13-18(22-26-16)15-7-3-2-4-8-15/h2-10,13H,11-12,14H2,1H3,(H,21,23). The van der Waals surface area contributed by atoms with Crippen molar-refractivity contribution in [3.05, 3.63) is 72.0 Å². The molecule has 1 aromatic heterocycles. The van der Waals surface area contributed by atoms with E-state index in [1.165, 1.54) is 0 Å². The lowest BCUT2D eigenvalue weighted by Crippen LogP contribution is -2.23. The van der Waals surface area contributed by atoms with Gasteiger partial charge >= 0.3 is 0 Å². The normalized spacial score (nSPS) is 10.5. The van der Waals surface area contributed by atoms with Crippen LogP contribution in [0.15, 0.2) is 65.2 Å². The second-order valence-corrected chi connectivity index (χ2v) is 5.56. The van der Waals surface area contributed by atoms with Crippen LogP contribution < -0.4 is 10.1 Å². The molecule has 6 heteroatoms. The van der Waals surface area contributed by atoms with Gasteiger partial charge in [0.15, 0.2) is 5.76 Å². The lowest BCUT2D eigenvalue weighted by molar-refractivity contribution is 0.0939. The van der Waals surface area contributed by atoms with E-state index in [2.05, 4.69) is 10.5 Å². The van der Waals surface area contributed by atoms with Gasteiger partial charge in [-0.25, -0.2) is 0 Å². The molecule has 0 aliphatic carbocycles. The molecule has 0 bridgehead atoms. The summed E-state index contributed by atoms with van der Waals surface area (Å²) in [6.45, 7) is 1.07. The summed E-state index contributed by atoms with van der Waals surface area (Å²) in [5, 5.41) is 6.87. The Morgan fingerprint density at radius 2 is 1.85 bits per heavy atom. The third-order valence-electron chi connectivity index (χ3n) is 3.73. The van der Waals surface area contributed by atoms with E-state index in [0.717, 1.165) is 11.3 Å². The van der Waals surface area contributed by atoms with Crippen molar-refractivity contribution in [3.8, 4) is 17.0 Å². The molecule has 0 atom stereocenters. The van der Waals surface area contributed by atoms with Gasteiger partial charge in [-0.3, -0.25) is 4.79 Å². The van der Waals surface area contributed by atoms with Gasteiger partial charge in [-0.1, -0.05) is 47.6 Å². The van der Waals surface area contributed by atoms with Gasteiger partial charge in [0.05, 0.1) is 18.7 Å². The topological polar surface area (TPSA) is 73.6 Å². The third-order valence-corrected chi connectivity index (χ3v) is 3.73. The summed E-state index contributed by atoms with van der Waals surface area (Å²) in [5.74, 6) is 0.857. The van der Waals surface area contributed by atoms with Gasteiger partial charge in [-0.15, -0.1) is 0 Å². The monoisotopic (exact) mass is 352 g/mol. The first-order valence-corrected chi connectivity index (χ1v) is 8.28. The number of nitrogens with zero attached hydrogens (tertiary/aromatic N) is 1. The van der Waals surface area contributed by atoms with Crippen molar-refractivity contribution >= 4 is 5.91 Å². The maximum absolute atomic E-state index is 12.5. The minimum atomic E-state index is -0.240. The van der Waals surface area contributed by atoms with E-state index in [0.29, 0.717) is 30.3 Å². The zero-order chi connectivity index (χ0) is 18.2. The summed E-state index contributed by atoms with van der Waals surface area (Å²) in [4.78, 5) is 12.5. The molecule has 2 aromatic carbocycles. The van der Waals surface area contributed by atoms with E-state index in [4.69, 9.17) is 14.0 Å². The van der Waals surface area contributed by atoms with Gasteiger partial charge in [0.2, 0.25) is 0 Å². The van der Waals surface area contributed by atoms with Gasteiger partial charge in [0.25, 0.3) is 5.91 Å². The van der Waals surface area contributed by atoms with Crippen LogP contribution in [0.4, 0.5) is 0 Å². The number of para-hydroxylation sites is 1. The fourth-order valence-corrected chi connectivity index (χ4v) is 2.42. The lowest BCUT2D eigenvalue weighted by Gasteiger charge is -2.10. The van der Waals surface area contributed by atoms with Crippen molar-refractivity contribution in [2.75, 3.05) is 20.3 Å². The molecule has 0 unspecified atom stereocenters. The van der Waals surface area contributed by atoms with Gasteiger partial charge in [0.1, 0.15) is 18.1 Å². The second kappa shape index (κ2) is 8.82. The maximum atomic E-state index is 12.5. The highest BCUT2D eigenvalue weighted by molar-refractivity contribution is 5.96. The van der Waals surface area contributed by atoms with E-state index in [1.807, 2.05) is 42.5 Å². The molecule has 0 spiro atoms. The smallest absolute Gasteiger partial charge is 0.255 e. The molecule has 0 radical (unpaired) electrons. The Labute approximate surface area is 151 Å². The first-order valence-electron chi connectivity index (χ1n) is 8.28. The van der Waals surface area contributed by atoms with Crippen LogP contribution in [-0.4, -0.2) is 31.4 Å².